The minimum absolute atomic E-state index is 0. The summed E-state index contributed by atoms with van der Waals surface area (Å²) in [6.07, 6.45) is 0.545. The molecule has 0 saturated carbocycles. The molecule has 3 atom stereocenters. The van der Waals surface area contributed by atoms with Gasteiger partial charge in [0, 0.05) is 20.0 Å². The quantitative estimate of drug-likeness (QED) is 0.173. The van der Waals surface area contributed by atoms with Crippen molar-refractivity contribution in [1.82, 2.24) is 16.0 Å². The molecule has 0 bridgehead atoms. The Morgan fingerprint density at radius 1 is 1.00 bits per heavy atom. The molecule has 0 aromatic heterocycles. The van der Waals surface area contributed by atoms with Crippen LogP contribution in [0.2, 0.25) is 0 Å². The number of amides is 3. The Hall–Kier alpha value is -1.16. The molecule has 0 spiro atoms. The molecule has 3 amide bonds. The van der Waals surface area contributed by atoms with E-state index >= 15 is 0 Å². The fraction of sp³-hybridized carbons (Fsp3) is 0.765. The number of unbranched alkanes of at least 4 members (excludes halogenated alkanes) is 2. The molecule has 0 radical (unpaired) electrons. The number of epoxide rings is 1. The average molecular weight is 393 g/mol. The Balaban J connectivity index is 0.00000676. The fourth-order valence-electron chi connectivity index (χ4n) is 2.47. The third-order valence-corrected chi connectivity index (χ3v) is 3.85. The monoisotopic (exact) mass is 393 g/mol. The standard InChI is InChI=1S/C17H29N3O6.Na/c1-10(2)9-12(20-16(23)13-14(26-13)17(24)25)15(22)19-8-6-4-5-7-18-11(3)21;/h10,12-14H,4-9H2,1-3H3,(H,18,21)(H,19,22)(H,20,23)(H,24,25);/q;+1/p-1/t12-,13-,14-;/m0./s1. The third kappa shape index (κ3) is 10.7. The molecule has 0 aromatic rings. The van der Waals surface area contributed by atoms with Gasteiger partial charge in [0.2, 0.25) is 11.8 Å². The molecule has 1 aliphatic rings. The summed E-state index contributed by atoms with van der Waals surface area (Å²) in [5, 5.41) is 18.7. The summed E-state index contributed by atoms with van der Waals surface area (Å²) in [6, 6.07) is -0.742. The Labute approximate surface area is 181 Å². The van der Waals surface area contributed by atoms with E-state index < -0.39 is 30.1 Å². The largest absolute Gasteiger partial charge is 1.00 e. The predicted molar refractivity (Wildman–Crippen MR) is 90.6 cm³/mol. The van der Waals surface area contributed by atoms with Crippen LogP contribution in [0.25, 0.3) is 0 Å². The summed E-state index contributed by atoms with van der Waals surface area (Å²) < 4.78 is 4.74. The average Bonchev–Trinajstić information content (AvgIpc) is 3.33. The van der Waals surface area contributed by atoms with Crippen molar-refractivity contribution in [3.8, 4) is 0 Å². The van der Waals surface area contributed by atoms with Crippen molar-refractivity contribution in [1.29, 1.82) is 0 Å². The van der Waals surface area contributed by atoms with Crippen molar-refractivity contribution < 1.29 is 58.6 Å². The summed E-state index contributed by atoms with van der Waals surface area (Å²) in [5.41, 5.74) is 0. The van der Waals surface area contributed by atoms with Crippen LogP contribution in [0.5, 0.6) is 0 Å². The third-order valence-electron chi connectivity index (χ3n) is 3.85. The molecular formula is C17H28N3NaO6. The first-order chi connectivity index (χ1) is 12.2. The van der Waals surface area contributed by atoms with Gasteiger partial charge in [0.05, 0.1) is 5.97 Å². The Morgan fingerprint density at radius 2 is 1.59 bits per heavy atom. The molecule has 0 aromatic carbocycles. The molecule has 3 N–H and O–H groups in total. The van der Waals surface area contributed by atoms with Crippen molar-refractivity contribution in [2.75, 3.05) is 13.1 Å². The second kappa shape index (κ2) is 13.1. The molecule has 9 nitrogen and oxygen atoms in total. The van der Waals surface area contributed by atoms with E-state index in [4.69, 9.17) is 4.74 Å². The second-order valence-corrected chi connectivity index (χ2v) is 6.82. The van der Waals surface area contributed by atoms with Crippen LogP contribution in [0.15, 0.2) is 0 Å². The minimum atomic E-state index is -1.44. The van der Waals surface area contributed by atoms with Gasteiger partial charge < -0.3 is 30.6 Å². The van der Waals surface area contributed by atoms with E-state index in [1.54, 1.807) is 0 Å². The molecule has 1 heterocycles. The van der Waals surface area contributed by atoms with Gasteiger partial charge in [-0.15, -0.1) is 0 Å². The smallest absolute Gasteiger partial charge is 0.547 e. The summed E-state index contributed by atoms with van der Waals surface area (Å²) >= 11 is 0. The van der Waals surface area contributed by atoms with Gasteiger partial charge >= 0.3 is 29.6 Å². The number of carbonyl (C=O) groups is 4. The number of aliphatic carboxylic acids is 1. The molecule has 1 rings (SSSR count). The van der Waals surface area contributed by atoms with E-state index in [1.165, 1.54) is 6.92 Å². The number of hydrogen-bond donors (Lipinski definition) is 3. The summed E-state index contributed by atoms with van der Waals surface area (Å²) in [4.78, 5) is 45.7. The van der Waals surface area contributed by atoms with Crippen LogP contribution in [0.4, 0.5) is 0 Å². The van der Waals surface area contributed by atoms with E-state index in [2.05, 4.69) is 16.0 Å². The van der Waals surface area contributed by atoms with Crippen molar-refractivity contribution in [2.45, 2.75) is 64.7 Å². The summed E-state index contributed by atoms with van der Waals surface area (Å²) in [7, 11) is 0. The molecule has 148 valence electrons. The van der Waals surface area contributed by atoms with E-state index in [9.17, 15) is 24.3 Å². The minimum Gasteiger partial charge on any atom is -0.547 e. The molecule has 1 saturated heterocycles. The number of hydrogen-bond acceptors (Lipinski definition) is 6. The first kappa shape index (κ1) is 25.8. The summed E-state index contributed by atoms with van der Waals surface area (Å²) in [5.74, 6) is -2.25. The maximum Gasteiger partial charge on any atom is 1.00 e. The van der Waals surface area contributed by atoms with Crippen molar-refractivity contribution >= 4 is 23.7 Å². The predicted octanol–water partition coefficient (Wildman–Crippen LogP) is -4.54. The van der Waals surface area contributed by atoms with E-state index in [0.29, 0.717) is 19.5 Å². The molecule has 1 fully saturated rings. The van der Waals surface area contributed by atoms with Gasteiger partial charge in [0.25, 0.3) is 5.91 Å². The molecule has 10 heteroatoms. The Morgan fingerprint density at radius 3 is 2.07 bits per heavy atom. The van der Waals surface area contributed by atoms with Crippen LogP contribution in [0.1, 0.15) is 46.5 Å². The normalized spacial score (nSPS) is 18.8. The molecule has 0 aliphatic carbocycles. The van der Waals surface area contributed by atoms with Gasteiger partial charge in [-0.3, -0.25) is 14.4 Å². The zero-order chi connectivity index (χ0) is 19.7. The first-order valence-electron chi connectivity index (χ1n) is 8.91. The molecule has 27 heavy (non-hydrogen) atoms. The number of ether oxygens (including phenoxy) is 1. The topological polar surface area (TPSA) is 140 Å². The second-order valence-electron chi connectivity index (χ2n) is 6.82. The number of carbonyl (C=O) groups excluding carboxylic acids is 4. The van der Waals surface area contributed by atoms with E-state index in [0.717, 1.165) is 19.3 Å². The summed E-state index contributed by atoms with van der Waals surface area (Å²) in [6.45, 7) is 6.38. The maximum atomic E-state index is 12.3. The maximum absolute atomic E-state index is 12.3. The van der Waals surface area contributed by atoms with Gasteiger partial charge in [-0.05, 0) is 31.6 Å². The number of rotatable bonds is 12. The SMILES string of the molecule is CC(=O)NCCCCCNC(=O)[C@H](CC(C)C)NC(=O)[C@H]1O[C@@H]1C(=O)[O-].[Na+]. The Kier molecular flexibility index (Phi) is 12.5. The number of carboxylic acid groups (broad SMARTS) is 1. The fourth-order valence-corrected chi connectivity index (χ4v) is 2.47. The van der Waals surface area contributed by atoms with Gasteiger partial charge in [-0.25, -0.2) is 0 Å². The van der Waals surface area contributed by atoms with Gasteiger partial charge in [0.15, 0.2) is 6.10 Å². The molecule has 1 aliphatic heterocycles. The number of nitrogens with one attached hydrogen (secondary N) is 3. The first-order valence-corrected chi connectivity index (χ1v) is 8.91. The van der Waals surface area contributed by atoms with Crippen LogP contribution in [-0.2, 0) is 23.9 Å². The van der Waals surface area contributed by atoms with Gasteiger partial charge in [-0.2, -0.15) is 0 Å². The van der Waals surface area contributed by atoms with Crippen molar-refractivity contribution in [3.05, 3.63) is 0 Å². The van der Waals surface area contributed by atoms with E-state index in [-0.39, 0.29) is 47.3 Å². The number of carboxylic acids is 1. The zero-order valence-electron chi connectivity index (χ0n) is 16.5. The van der Waals surface area contributed by atoms with Crippen LogP contribution < -0.4 is 50.6 Å². The van der Waals surface area contributed by atoms with Crippen molar-refractivity contribution in [2.24, 2.45) is 5.92 Å². The molecular weight excluding hydrogens is 365 g/mol. The van der Waals surface area contributed by atoms with Gasteiger partial charge in [0.1, 0.15) is 12.1 Å². The van der Waals surface area contributed by atoms with Crippen molar-refractivity contribution in [3.63, 3.8) is 0 Å². The van der Waals surface area contributed by atoms with Gasteiger partial charge in [-0.1, -0.05) is 13.8 Å². The molecule has 0 unspecified atom stereocenters. The Bertz CT molecular complexity index is 529. The van der Waals surface area contributed by atoms with Crippen LogP contribution >= 0.6 is 0 Å². The zero-order valence-corrected chi connectivity index (χ0v) is 18.5. The van der Waals surface area contributed by atoms with Crippen LogP contribution in [-0.4, -0.2) is 55.0 Å². The van der Waals surface area contributed by atoms with Crippen LogP contribution in [0, 0.1) is 5.92 Å². The van der Waals surface area contributed by atoms with E-state index in [1.807, 2.05) is 13.8 Å². The van der Waals surface area contributed by atoms with Crippen LogP contribution in [0.3, 0.4) is 0 Å².